The number of hydrogen-bond donors (Lipinski definition) is 0. The van der Waals surface area contributed by atoms with E-state index >= 15 is 0 Å². The van der Waals surface area contributed by atoms with E-state index in [0.717, 1.165) is 0 Å². The molecule has 0 aliphatic heterocycles. The number of halogens is 8. The van der Waals surface area contributed by atoms with Crippen LogP contribution in [-0.4, -0.2) is 13.9 Å². The summed E-state index contributed by atoms with van der Waals surface area (Å²) in [6.45, 7) is 0. The largest absolute Gasteiger partial charge is 0.534 e. The van der Waals surface area contributed by atoms with Crippen LogP contribution in [-0.2, 0) is 10.1 Å². The number of alkyl halides is 3. The third-order valence-electron chi connectivity index (χ3n) is 1.75. The summed E-state index contributed by atoms with van der Waals surface area (Å²) in [7, 11) is -16.9. The van der Waals surface area contributed by atoms with Crippen molar-refractivity contribution in [1.82, 2.24) is 0 Å². The standard InChI is InChI=1S/C7H4F8O3S2/c8-7(9,10)19(16,17)18-5-3-1-2-4-6(5)20(11,12,13,14)15/h1-4H. The molecule has 13 heteroatoms. The molecule has 0 atom stereocenters. The third-order valence-corrected chi connectivity index (χ3v) is 3.88. The van der Waals surface area contributed by atoms with Crippen molar-refractivity contribution >= 4 is 20.3 Å². The Morgan fingerprint density at radius 2 is 1.40 bits per heavy atom. The fourth-order valence-electron chi connectivity index (χ4n) is 1.00. The van der Waals surface area contributed by atoms with E-state index in [1.54, 1.807) is 0 Å². The molecule has 0 aromatic heterocycles. The maximum absolute atomic E-state index is 12.5. The minimum atomic E-state index is -10.4. The summed E-state index contributed by atoms with van der Waals surface area (Å²) >= 11 is 0. The second kappa shape index (κ2) is 3.69. The van der Waals surface area contributed by atoms with E-state index in [2.05, 4.69) is 4.18 Å². The Morgan fingerprint density at radius 3 is 1.80 bits per heavy atom. The van der Waals surface area contributed by atoms with Gasteiger partial charge in [-0.25, -0.2) is 0 Å². The Morgan fingerprint density at radius 1 is 0.950 bits per heavy atom. The van der Waals surface area contributed by atoms with Crippen LogP contribution in [0.2, 0.25) is 0 Å². The molecule has 0 spiro atoms. The van der Waals surface area contributed by atoms with Crippen molar-refractivity contribution in [1.29, 1.82) is 0 Å². The Bertz CT molecular complexity index is 630. The Labute approximate surface area is 107 Å². The molecule has 0 N–H and O–H groups in total. The summed E-state index contributed by atoms with van der Waals surface area (Å²) < 4.78 is 123. The van der Waals surface area contributed by atoms with E-state index in [0.29, 0.717) is 12.1 Å². The van der Waals surface area contributed by atoms with Gasteiger partial charge in [0.1, 0.15) is 0 Å². The lowest BCUT2D eigenvalue weighted by atomic mass is 10.3. The van der Waals surface area contributed by atoms with Crippen LogP contribution in [0, 0.1) is 0 Å². The Balaban J connectivity index is 3.47. The highest BCUT2D eigenvalue weighted by atomic mass is 32.5. The fraction of sp³-hybridized carbons (Fsp3) is 0.143. The predicted octanol–water partition coefficient (Wildman–Crippen LogP) is 4.57. The molecule has 0 amide bonds. The zero-order valence-electron chi connectivity index (χ0n) is 8.87. The predicted molar refractivity (Wildman–Crippen MR) is 53.4 cm³/mol. The molecule has 0 unspecified atom stereocenters. The molecule has 118 valence electrons. The summed E-state index contributed by atoms with van der Waals surface area (Å²) in [4.78, 5) is -2.86. The van der Waals surface area contributed by atoms with Crippen LogP contribution < -0.4 is 4.18 Å². The van der Waals surface area contributed by atoms with Crippen molar-refractivity contribution in [3.8, 4) is 5.75 Å². The van der Waals surface area contributed by atoms with Crippen LogP contribution in [0.4, 0.5) is 32.6 Å². The summed E-state index contributed by atoms with van der Waals surface area (Å²) in [6, 6.07) is 0.813. The van der Waals surface area contributed by atoms with Crippen LogP contribution >= 0.6 is 10.2 Å². The molecule has 0 bridgehead atoms. The smallest absolute Gasteiger partial charge is 0.374 e. The minimum absolute atomic E-state index is 0.0382. The molecule has 0 saturated carbocycles. The zero-order chi connectivity index (χ0) is 16.1. The van der Waals surface area contributed by atoms with Crippen LogP contribution in [0.3, 0.4) is 0 Å². The minimum Gasteiger partial charge on any atom is -0.374 e. The van der Waals surface area contributed by atoms with Gasteiger partial charge in [0.05, 0.1) is 0 Å². The van der Waals surface area contributed by atoms with Crippen LogP contribution in [0.25, 0.3) is 0 Å². The highest BCUT2D eigenvalue weighted by molar-refractivity contribution is 8.45. The van der Waals surface area contributed by atoms with Gasteiger partial charge < -0.3 is 4.18 Å². The van der Waals surface area contributed by atoms with Crippen molar-refractivity contribution < 1.29 is 45.2 Å². The molecular weight excluding hydrogens is 348 g/mol. The third kappa shape index (κ3) is 3.65. The molecule has 0 heterocycles. The average Bonchev–Trinajstić information content (AvgIpc) is 2.11. The van der Waals surface area contributed by atoms with Crippen molar-refractivity contribution in [2.45, 2.75) is 10.4 Å². The van der Waals surface area contributed by atoms with E-state index in [-0.39, 0.29) is 12.1 Å². The Kier molecular flexibility index (Phi) is 3.10. The SMILES string of the molecule is O=S(=O)(Oc1ccccc1S(F)(F)(F)(F)F)C(F)(F)F. The van der Waals surface area contributed by atoms with Gasteiger partial charge in [0.15, 0.2) is 10.6 Å². The summed E-state index contributed by atoms with van der Waals surface area (Å²) in [5.41, 5.74) is -6.06. The van der Waals surface area contributed by atoms with E-state index in [4.69, 9.17) is 0 Å². The molecule has 1 rings (SSSR count). The molecular formula is C7H4F8O3S2. The average molecular weight is 352 g/mol. The van der Waals surface area contributed by atoms with Gasteiger partial charge in [-0.3, -0.25) is 0 Å². The first-order valence-corrected chi connectivity index (χ1v) is 7.64. The van der Waals surface area contributed by atoms with E-state index in [1.165, 1.54) is 0 Å². The second-order valence-electron chi connectivity index (χ2n) is 3.40. The number of benzene rings is 1. The van der Waals surface area contributed by atoms with Gasteiger partial charge in [-0.1, -0.05) is 31.6 Å². The van der Waals surface area contributed by atoms with E-state index < -0.39 is 36.5 Å². The first kappa shape index (κ1) is 16.8. The summed E-state index contributed by atoms with van der Waals surface area (Å²) in [6.07, 6.45) is 0. The fourth-order valence-corrected chi connectivity index (χ4v) is 2.36. The highest BCUT2D eigenvalue weighted by Gasteiger charge is 2.67. The monoisotopic (exact) mass is 352 g/mol. The first-order chi connectivity index (χ1) is 8.44. The highest BCUT2D eigenvalue weighted by Crippen LogP contribution is 3.03. The van der Waals surface area contributed by atoms with Gasteiger partial charge in [-0.2, -0.15) is 21.6 Å². The number of para-hydroxylation sites is 1. The lowest BCUT2D eigenvalue weighted by Gasteiger charge is -2.40. The van der Waals surface area contributed by atoms with Gasteiger partial charge in [0.25, 0.3) is 0 Å². The molecule has 0 aliphatic carbocycles. The lowest BCUT2D eigenvalue weighted by molar-refractivity contribution is -0.0501. The van der Waals surface area contributed by atoms with E-state index in [9.17, 15) is 41.0 Å². The molecule has 1 aromatic rings. The van der Waals surface area contributed by atoms with Crippen molar-refractivity contribution in [2.24, 2.45) is 0 Å². The summed E-state index contributed by atoms with van der Waals surface area (Å²) in [5, 5.41) is 0. The molecule has 3 nitrogen and oxygen atoms in total. The Hall–Kier alpha value is -1.24. The van der Waals surface area contributed by atoms with Crippen LogP contribution in [0.5, 0.6) is 5.75 Å². The van der Waals surface area contributed by atoms with Crippen molar-refractivity contribution in [3.63, 3.8) is 0 Å². The number of rotatable bonds is 3. The topological polar surface area (TPSA) is 43.4 Å². The zero-order valence-corrected chi connectivity index (χ0v) is 10.5. The lowest BCUT2D eigenvalue weighted by Crippen LogP contribution is -2.28. The molecule has 20 heavy (non-hydrogen) atoms. The van der Waals surface area contributed by atoms with Gasteiger partial charge in [0.2, 0.25) is 0 Å². The maximum atomic E-state index is 12.5. The van der Waals surface area contributed by atoms with Crippen molar-refractivity contribution in [3.05, 3.63) is 24.3 Å². The molecule has 0 aliphatic rings. The molecule has 0 radical (unpaired) electrons. The summed E-state index contributed by atoms with van der Waals surface area (Å²) in [5.74, 6) is -2.15. The molecule has 1 aromatic carbocycles. The maximum Gasteiger partial charge on any atom is 0.534 e. The van der Waals surface area contributed by atoms with Gasteiger partial charge in [0, 0.05) is 0 Å². The second-order valence-corrected chi connectivity index (χ2v) is 7.31. The van der Waals surface area contributed by atoms with Crippen LogP contribution in [0.1, 0.15) is 0 Å². The number of hydrogen-bond acceptors (Lipinski definition) is 3. The van der Waals surface area contributed by atoms with Gasteiger partial charge >= 0.3 is 25.9 Å². The van der Waals surface area contributed by atoms with Gasteiger partial charge in [-0.05, 0) is 12.1 Å². The van der Waals surface area contributed by atoms with Crippen molar-refractivity contribution in [2.75, 3.05) is 0 Å². The molecule has 0 fully saturated rings. The quantitative estimate of drug-likeness (QED) is 0.455. The van der Waals surface area contributed by atoms with E-state index in [1.807, 2.05) is 0 Å². The van der Waals surface area contributed by atoms with Gasteiger partial charge in [-0.15, -0.1) is 0 Å². The first-order valence-electron chi connectivity index (χ1n) is 4.28. The normalized spacial score (nSPS) is 17.2. The van der Waals surface area contributed by atoms with Crippen LogP contribution in [0.15, 0.2) is 29.2 Å². The molecule has 0 saturated heterocycles.